The van der Waals surface area contributed by atoms with Gasteiger partial charge in [0.25, 0.3) is 0 Å². The number of hydrogen-bond donors (Lipinski definition) is 4. The lowest BCUT2D eigenvalue weighted by molar-refractivity contribution is -0.141. The van der Waals surface area contributed by atoms with Gasteiger partial charge < -0.3 is 26.6 Å². The van der Waals surface area contributed by atoms with Crippen molar-refractivity contribution in [3.63, 3.8) is 0 Å². The molecule has 3 unspecified atom stereocenters. The van der Waals surface area contributed by atoms with Crippen molar-refractivity contribution in [2.24, 2.45) is 5.73 Å². The van der Waals surface area contributed by atoms with Gasteiger partial charge >= 0.3 is 0 Å². The Bertz CT molecular complexity index is 1320. The van der Waals surface area contributed by atoms with Crippen molar-refractivity contribution in [1.82, 2.24) is 20.9 Å². The molecule has 1 saturated heterocycles. The van der Waals surface area contributed by atoms with Crippen LogP contribution in [0.1, 0.15) is 30.4 Å². The predicted octanol–water partition coefficient (Wildman–Crippen LogP) is 2.81. The van der Waals surface area contributed by atoms with Crippen LogP contribution < -0.4 is 21.7 Å². The fourth-order valence-corrected chi connectivity index (χ4v) is 5.36. The fraction of sp³-hybridized carbons (Fsp3) is 0.387. The number of fused-ring (bicyclic) bond motifs is 1. The second kappa shape index (κ2) is 14.3. The van der Waals surface area contributed by atoms with E-state index in [9.17, 15) is 14.4 Å². The van der Waals surface area contributed by atoms with Crippen LogP contribution in [0, 0.1) is 0 Å². The minimum absolute atomic E-state index is 0.102. The Morgan fingerprint density at radius 2 is 1.80 bits per heavy atom. The maximum atomic E-state index is 13.8. The van der Waals surface area contributed by atoms with Crippen molar-refractivity contribution >= 4 is 40.1 Å². The summed E-state index contributed by atoms with van der Waals surface area (Å²) < 4.78 is 0. The van der Waals surface area contributed by atoms with E-state index >= 15 is 0 Å². The second-order valence-corrected chi connectivity index (χ2v) is 10.7. The summed E-state index contributed by atoms with van der Waals surface area (Å²) >= 11 is 5.95. The number of carbonyl (C=O) groups is 3. The molecule has 9 heteroatoms. The molecule has 0 spiro atoms. The number of carbonyl (C=O) groups excluding carboxylic acids is 3. The minimum Gasteiger partial charge on any atom is -0.357 e. The molecular formula is C31H38ClN5O3. The Morgan fingerprint density at radius 1 is 1.07 bits per heavy atom. The number of benzene rings is 3. The number of nitrogens with two attached hydrogens (primary N) is 1. The van der Waals surface area contributed by atoms with Gasteiger partial charge in [-0.3, -0.25) is 14.4 Å². The molecule has 4 rings (SSSR count). The van der Waals surface area contributed by atoms with Gasteiger partial charge in [0.2, 0.25) is 17.7 Å². The molecule has 1 heterocycles. The van der Waals surface area contributed by atoms with Crippen LogP contribution in [0.4, 0.5) is 0 Å². The van der Waals surface area contributed by atoms with E-state index < -0.39 is 12.1 Å². The number of amides is 3. The smallest absolute Gasteiger partial charge is 0.242 e. The number of nitrogens with one attached hydrogen (secondary N) is 3. The topological polar surface area (TPSA) is 117 Å². The Labute approximate surface area is 240 Å². The van der Waals surface area contributed by atoms with Gasteiger partial charge in [0.15, 0.2) is 0 Å². The van der Waals surface area contributed by atoms with Crippen LogP contribution in [-0.2, 0) is 27.2 Å². The van der Waals surface area contributed by atoms with Crippen LogP contribution in [-0.4, -0.2) is 67.4 Å². The summed E-state index contributed by atoms with van der Waals surface area (Å²) in [7, 11) is 1.60. The van der Waals surface area contributed by atoms with Crippen LogP contribution in [0.25, 0.3) is 10.8 Å². The molecule has 0 aromatic heterocycles. The van der Waals surface area contributed by atoms with E-state index in [0.717, 1.165) is 21.9 Å². The molecule has 3 aromatic rings. The standard InChI is InChI=1S/C31H38ClN5O3/c1-34-30(39)28(18-22-8-11-23-5-2-3-6-24(23)17-22)37-16-14-26(36-27(31(37)40)7-4-15-33)20-35-29(38)19-21-9-12-25(32)13-10-21/h2-3,5-6,8-13,17,26-28,36H,4,7,14-16,18-20,33H2,1H3,(H,34,39)(H,35,38). The Hall–Kier alpha value is -3.46. The molecule has 1 fully saturated rings. The van der Waals surface area contributed by atoms with Gasteiger partial charge in [-0.15, -0.1) is 0 Å². The molecule has 0 radical (unpaired) electrons. The zero-order valence-corrected chi connectivity index (χ0v) is 23.6. The highest BCUT2D eigenvalue weighted by molar-refractivity contribution is 6.30. The third-order valence-corrected chi connectivity index (χ3v) is 7.68. The number of halogens is 1. The molecular weight excluding hydrogens is 526 g/mol. The van der Waals surface area contributed by atoms with Crippen molar-refractivity contribution < 1.29 is 14.4 Å². The van der Waals surface area contributed by atoms with Crippen molar-refractivity contribution in [2.45, 2.75) is 50.2 Å². The van der Waals surface area contributed by atoms with E-state index in [1.165, 1.54) is 0 Å². The molecule has 3 amide bonds. The van der Waals surface area contributed by atoms with E-state index in [4.69, 9.17) is 17.3 Å². The summed E-state index contributed by atoms with van der Waals surface area (Å²) in [6.45, 7) is 1.24. The monoisotopic (exact) mass is 563 g/mol. The van der Waals surface area contributed by atoms with Crippen LogP contribution in [0.3, 0.4) is 0 Å². The summed E-state index contributed by atoms with van der Waals surface area (Å²) in [5, 5.41) is 12.0. The molecule has 0 saturated carbocycles. The quantitative estimate of drug-likeness (QED) is 0.286. The van der Waals surface area contributed by atoms with Crippen molar-refractivity contribution in [3.8, 4) is 0 Å². The van der Waals surface area contributed by atoms with Crippen molar-refractivity contribution in [1.29, 1.82) is 0 Å². The number of rotatable bonds is 11. The molecule has 0 aliphatic carbocycles. The molecule has 8 nitrogen and oxygen atoms in total. The average Bonchev–Trinajstić information content (AvgIpc) is 3.12. The zero-order valence-electron chi connectivity index (χ0n) is 22.9. The van der Waals surface area contributed by atoms with E-state index in [0.29, 0.717) is 50.3 Å². The van der Waals surface area contributed by atoms with Gasteiger partial charge in [0.1, 0.15) is 6.04 Å². The number of nitrogens with zero attached hydrogens (tertiary/aromatic N) is 1. The number of hydrogen-bond acceptors (Lipinski definition) is 5. The van der Waals surface area contributed by atoms with Gasteiger partial charge in [-0.25, -0.2) is 0 Å². The van der Waals surface area contributed by atoms with Crippen LogP contribution in [0.5, 0.6) is 0 Å². The Kier molecular flexibility index (Phi) is 10.5. The van der Waals surface area contributed by atoms with Gasteiger partial charge in [0, 0.05) is 37.6 Å². The molecule has 3 aromatic carbocycles. The number of likely N-dealkylation sites (N-methyl/N-ethyl adjacent to an activating group) is 1. The van der Waals surface area contributed by atoms with E-state index in [1.807, 2.05) is 42.5 Å². The normalized spacial score (nSPS) is 18.3. The maximum Gasteiger partial charge on any atom is 0.242 e. The predicted molar refractivity (Wildman–Crippen MR) is 159 cm³/mol. The molecule has 212 valence electrons. The maximum absolute atomic E-state index is 13.8. The fourth-order valence-electron chi connectivity index (χ4n) is 5.23. The summed E-state index contributed by atoms with van der Waals surface area (Å²) in [5.41, 5.74) is 7.64. The molecule has 1 aliphatic rings. The van der Waals surface area contributed by atoms with Gasteiger partial charge in [0.05, 0.1) is 12.5 Å². The SMILES string of the molecule is CNC(=O)C(Cc1ccc2ccccc2c1)N1CCC(CNC(=O)Cc2ccc(Cl)cc2)NC(CCCN)C1=O. The highest BCUT2D eigenvalue weighted by Crippen LogP contribution is 2.21. The third-order valence-electron chi connectivity index (χ3n) is 7.43. The van der Waals surface area contributed by atoms with Gasteiger partial charge in [-0.2, -0.15) is 0 Å². The lowest BCUT2D eigenvalue weighted by Gasteiger charge is -2.31. The molecule has 3 atom stereocenters. The molecule has 40 heavy (non-hydrogen) atoms. The van der Waals surface area contributed by atoms with Crippen LogP contribution in [0.2, 0.25) is 5.02 Å². The van der Waals surface area contributed by atoms with Crippen LogP contribution >= 0.6 is 11.6 Å². The summed E-state index contributed by atoms with van der Waals surface area (Å²) in [4.78, 5) is 41.3. The Morgan fingerprint density at radius 3 is 2.52 bits per heavy atom. The van der Waals surface area contributed by atoms with Gasteiger partial charge in [-0.05, 0) is 59.8 Å². The molecule has 1 aliphatic heterocycles. The molecule has 0 bridgehead atoms. The van der Waals surface area contributed by atoms with Gasteiger partial charge in [-0.1, -0.05) is 66.2 Å². The molecule has 5 N–H and O–H groups in total. The lowest BCUT2D eigenvalue weighted by Crippen LogP contribution is -2.54. The largest absolute Gasteiger partial charge is 0.357 e. The first-order valence-electron chi connectivity index (χ1n) is 13.8. The highest BCUT2D eigenvalue weighted by Gasteiger charge is 2.37. The van der Waals surface area contributed by atoms with E-state index in [-0.39, 0.29) is 30.2 Å². The first-order chi connectivity index (χ1) is 19.4. The van der Waals surface area contributed by atoms with Crippen molar-refractivity contribution in [3.05, 3.63) is 82.9 Å². The zero-order chi connectivity index (χ0) is 28.5. The third kappa shape index (κ3) is 7.81. The summed E-state index contributed by atoms with van der Waals surface area (Å²) in [6, 6.07) is 20.1. The lowest BCUT2D eigenvalue weighted by atomic mass is 9.99. The second-order valence-electron chi connectivity index (χ2n) is 10.3. The highest BCUT2D eigenvalue weighted by atomic mass is 35.5. The first kappa shape index (κ1) is 29.5. The van der Waals surface area contributed by atoms with E-state index in [2.05, 4.69) is 28.1 Å². The summed E-state index contributed by atoms with van der Waals surface area (Å²) in [6.07, 6.45) is 2.47. The minimum atomic E-state index is -0.654. The van der Waals surface area contributed by atoms with E-state index in [1.54, 1.807) is 24.1 Å². The first-order valence-corrected chi connectivity index (χ1v) is 14.2. The van der Waals surface area contributed by atoms with Crippen LogP contribution in [0.15, 0.2) is 66.7 Å². The summed E-state index contributed by atoms with van der Waals surface area (Å²) in [5.74, 6) is -0.416. The van der Waals surface area contributed by atoms with Crippen molar-refractivity contribution in [2.75, 3.05) is 26.7 Å². The average molecular weight is 564 g/mol. The Balaban J connectivity index is 1.48.